The first-order valence-corrected chi connectivity index (χ1v) is 7.62. The van der Waals surface area contributed by atoms with E-state index in [2.05, 4.69) is 21.2 Å². The predicted molar refractivity (Wildman–Crippen MR) is 80.4 cm³/mol. The molecule has 0 aromatic carbocycles. The number of carbonyl (C=O) groups excluding carboxylic acids is 1. The smallest absolute Gasteiger partial charge is 0.410 e. The van der Waals surface area contributed by atoms with Gasteiger partial charge < -0.3 is 9.64 Å². The Morgan fingerprint density at radius 1 is 1.33 bits per heavy atom. The summed E-state index contributed by atoms with van der Waals surface area (Å²) in [6, 6.07) is 2.52. The van der Waals surface area contributed by atoms with Crippen LogP contribution in [-0.4, -0.2) is 52.0 Å². The van der Waals surface area contributed by atoms with Crippen LogP contribution in [0.3, 0.4) is 0 Å². The molecule has 3 rings (SSSR count). The Labute approximate surface area is 125 Å². The Hall–Kier alpha value is -1.72. The number of ether oxygens (including phenoxy) is 1. The number of aromatic nitrogens is 2. The zero-order valence-electron chi connectivity index (χ0n) is 13.2. The number of hydrogen-bond donors (Lipinski definition) is 1. The van der Waals surface area contributed by atoms with Crippen LogP contribution in [0.1, 0.15) is 39.3 Å². The monoisotopic (exact) mass is 292 g/mol. The van der Waals surface area contributed by atoms with E-state index in [9.17, 15) is 4.79 Å². The Morgan fingerprint density at radius 2 is 1.95 bits per heavy atom. The molecule has 6 nitrogen and oxygen atoms in total. The van der Waals surface area contributed by atoms with Crippen LogP contribution < -0.4 is 4.90 Å². The molecule has 2 aliphatic heterocycles. The summed E-state index contributed by atoms with van der Waals surface area (Å²) in [7, 11) is 0. The lowest BCUT2D eigenvalue weighted by Gasteiger charge is -2.41. The van der Waals surface area contributed by atoms with E-state index in [0.29, 0.717) is 0 Å². The lowest BCUT2D eigenvalue weighted by molar-refractivity contribution is 0.0123. The second kappa shape index (κ2) is 4.93. The Morgan fingerprint density at radius 3 is 2.43 bits per heavy atom. The molecule has 0 spiro atoms. The lowest BCUT2D eigenvalue weighted by Crippen LogP contribution is -2.56. The predicted octanol–water partition coefficient (Wildman–Crippen LogP) is 2.31. The number of anilines is 1. The summed E-state index contributed by atoms with van der Waals surface area (Å²) in [5.41, 5.74) is 0.624. The van der Waals surface area contributed by atoms with Gasteiger partial charge in [-0.05, 0) is 40.5 Å². The molecule has 2 aliphatic rings. The quantitative estimate of drug-likeness (QED) is 0.863. The molecule has 3 heterocycles. The van der Waals surface area contributed by atoms with Gasteiger partial charge in [0.1, 0.15) is 5.60 Å². The molecule has 21 heavy (non-hydrogen) atoms. The molecule has 1 amide bonds. The number of amides is 1. The molecule has 1 N–H and O–H groups in total. The average Bonchev–Trinajstić information content (AvgIpc) is 2.89. The van der Waals surface area contributed by atoms with Crippen molar-refractivity contribution in [2.45, 2.75) is 58.2 Å². The number of hydrogen-bond acceptors (Lipinski definition) is 4. The number of nitrogens with one attached hydrogen (secondary N) is 1. The summed E-state index contributed by atoms with van der Waals surface area (Å²) in [5, 5.41) is 7.32. The second-order valence-corrected chi connectivity index (χ2v) is 7.09. The Balaban J connectivity index is 1.71. The highest BCUT2D eigenvalue weighted by atomic mass is 16.6. The summed E-state index contributed by atoms with van der Waals surface area (Å²) in [6.45, 7) is 9.41. The van der Waals surface area contributed by atoms with Gasteiger partial charge in [0.2, 0.25) is 0 Å². The molecule has 1 aromatic rings. The lowest BCUT2D eigenvalue weighted by atomic mass is 10.2. The van der Waals surface area contributed by atoms with Gasteiger partial charge in [-0.3, -0.25) is 10.00 Å². The molecule has 0 aliphatic carbocycles. The normalized spacial score (nSPS) is 25.3. The zero-order valence-corrected chi connectivity index (χ0v) is 13.2. The highest BCUT2D eigenvalue weighted by Crippen LogP contribution is 2.33. The molecule has 2 bridgehead atoms. The van der Waals surface area contributed by atoms with Crippen molar-refractivity contribution in [3.8, 4) is 0 Å². The highest BCUT2D eigenvalue weighted by molar-refractivity contribution is 5.70. The fraction of sp³-hybridized carbons (Fsp3) is 0.733. The topological polar surface area (TPSA) is 61.5 Å². The number of fused-ring (bicyclic) bond motifs is 2. The molecule has 2 unspecified atom stereocenters. The van der Waals surface area contributed by atoms with Gasteiger partial charge in [-0.15, -0.1) is 0 Å². The van der Waals surface area contributed by atoms with E-state index < -0.39 is 5.60 Å². The zero-order chi connectivity index (χ0) is 15.2. The molecular weight excluding hydrogens is 268 g/mol. The maximum atomic E-state index is 12.4. The van der Waals surface area contributed by atoms with Gasteiger partial charge in [-0.25, -0.2) is 4.79 Å². The fourth-order valence-electron chi connectivity index (χ4n) is 3.27. The van der Waals surface area contributed by atoms with Crippen LogP contribution in [0.4, 0.5) is 10.6 Å². The SMILES string of the molecule is Cc1cc(N2CC3CCC(C2)N3C(=O)OC(C)(C)C)n[nH]1. The van der Waals surface area contributed by atoms with Gasteiger partial charge in [-0.2, -0.15) is 5.10 Å². The largest absolute Gasteiger partial charge is 0.444 e. The maximum absolute atomic E-state index is 12.4. The van der Waals surface area contributed by atoms with Gasteiger partial charge in [-0.1, -0.05) is 0 Å². The number of aromatic amines is 1. The van der Waals surface area contributed by atoms with Gasteiger partial charge >= 0.3 is 6.09 Å². The molecule has 1 aromatic heterocycles. The van der Waals surface area contributed by atoms with Crippen molar-refractivity contribution in [3.05, 3.63) is 11.8 Å². The third kappa shape index (κ3) is 2.84. The van der Waals surface area contributed by atoms with Crippen LogP contribution >= 0.6 is 0 Å². The van der Waals surface area contributed by atoms with Crippen molar-refractivity contribution in [3.63, 3.8) is 0 Å². The highest BCUT2D eigenvalue weighted by Gasteiger charge is 2.44. The van der Waals surface area contributed by atoms with Gasteiger partial charge in [0, 0.05) is 24.8 Å². The van der Waals surface area contributed by atoms with Crippen LogP contribution in [0, 0.1) is 6.92 Å². The number of aryl methyl sites for hydroxylation is 1. The maximum Gasteiger partial charge on any atom is 0.410 e. The van der Waals surface area contributed by atoms with Crippen molar-refractivity contribution in [2.75, 3.05) is 18.0 Å². The first-order chi connectivity index (χ1) is 9.83. The van der Waals surface area contributed by atoms with Crippen molar-refractivity contribution in [2.24, 2.45) is 0 Å². The first-order valence-electron chi connectivity index (χ1n) is 7.62. The Bertz CT molecular complexity index is 520. The van der Waals surface area contributed by atoms with E-state index in [1.165, 1.54) is 0 Å². The third-order valence-electron chi connectivity index (χ3n) is 4.10. The van der Waals surface area contributed by atoms with Crippen LogP contribution in [-0.2, 0) is 4.74 Å². The molecular formula is C15H24N4O2. The molecule has 0 saturated carbocycles. The van der Waals surface area contributed by atoms with Gasteiger partial charge in [0.25, 0.3) is 0 Å². The number of rotatable bonds is 1. The molecule has 6 heteroatoms. The van der Waals surface area contributed by atoms with E-state index in [-0.39, 0.29) is 18.2 Å². The summed E-state index contributed by atoms with van der Waals surface area (Å²) in [4.78, 5) is 16.6. The minimum atomic E-state index is -0.438. The summed E-state index contributed by atoms with van der Waals surface area (Å²) >= 11 is 0. The Kier molecular flexibility index (Phi) is 3.34. The van der Waals surface area contributed by atoms with E-state index in [0.717, 1.165) is 37.4 Å². The second-order valence-electron chi connectivity index (χ2n) is 7.09. The number of H-pyrrole nitrogens is 1. The summed E-state index contributed by atoms with van der Waals surface area (Å²) in [6.07, 6.45) is 1.92. The fourth-order valence-corrected chi connectivity index (χ4v) is 3.27. The van der Waals surface area contributed by atoms with Crippen LogP contribution in [0.15, 0.2) is 6.07 Å². The standard InChI is InChI=1S/C15H24N4O2/c1-10-7-13(17-16-10)18-8-11-5-6-12(9-18)19(11)14(20)21-15(2,3)4/h7,11-12H,5-6,8-9H2,1-4H3,(H,16,17). The van der Waals surface area contributed by atoms with Gasteiger partial charge in [0.05, 0.1) is 12.1 Å². The van der Waals surface area contributed by atoms with E-state index in [1.54, 1.807) is 0 Å². The molecule has 2 fully saturated rings. The number of carbonyl (C=O) groups is 1. The van der Waals surface area contributed by atoms with Gasteiger partial charge in [0.15, 0.2) is 5.82 Å². The van der Waals surface area contributed by atoms with Crippen LogP contribution in [0.25, 0.3) is 0 Å². The summed E-state index contributed by atoms with van der Waals surface area (Å²) in [5.74, 6) is 0.980. The van der Waals surface area contributed by atoms with E-state index in [4.69, 9.17) is 4.74 Å². The minimum Gasteiger partial charge on any atom is -0.444 e. The third-order valence-corrected chi connectivity index (χ3v) is 4.10. The number of nitrogens with zero attached hydrogens (tertiary/aromatic N) is 3. The van der Waals surface area contributed by atoms with Crippen molar-refractivity contribution in [1.82, 2.24) is 15.1 Å². The minimum absolute atomic E-state index is 0.173. The molecule has 0 radical (unpaired) electrons. The van der Waals surface area contributed by atoms with Crippen LogP contribution in [0.5, 0.6) is 0 Å². The molecule has 2 saturated heterocycles. The van der Waals surface area contributed by atoms with Crippen molar-refractivity contribution < 1.29 is 9.53 Å². The van der Waals surface area contributed by atoms with Crippen molar-refractivity contribution >= 4 is 11.9 Å². The van der Waals surface area contributed by atoms with Crippen molar-refractivity contribution in [1.29, 1.82) is 0 Å². The first kappa shape index (κ1) is 14.2. The molecule has 116 valence electrons. The summed E-state index contributed by atoms with van der Waals surface area (Å²) < 4.78 is 5.55. The van der Waals surface area contributed by atoms with E-state index >= 15 is 0 Å². The molecule has 2 atom stereocenters. The van der Waals surface area contributed by atoms with E-state index in [1.807, 2.05) is 32.6 Å². The van der Waals surface area contributed by atoms with Crippen LogP contribution in [0.2, 0.25) is 0 Å². The number of piperazine rings is 1. The average molecular weight is 292 g/mol.